The molecule has 1 saturated carbocycles. The lowest BCUT2D eigenvalue weighted by atomic mass is 9.72. The van der Waals surface area contributed by atoms with Gasteiger partial charge in [0.1, 0.15) is 5.76 Å². The Morgan fingerprint density at radius 1 is 1.54 bits per heavy atom. The van der Waals surface area contributed by atoms with Crippen LogP contribution in [0.15, 0.2) is 22.8 Å². The highest BCUT2D eigenvalue weighted by atomic mass is 16.3. The van der Waals surface area contributed by atoms with Crippen molar-refractivity contribution in [2.75, 3.05) is 13.6 Å². The Morgan fingerprint density at radius 2 is 2.38 bits per heavy atom. The minimum atomic E-state index is 0.705. The van der Waals surface area contributed by atoms with E-state index in [9.17, 15) is 0 Å². The van der Waals surface area contributed by atoms with Gasteiger partial charge in [-0.15, -0.1) is 0 Å². The molecule has 1 aliphatic rings. The average molecular weight is 179 g/mol. The number of hydrogen-bond donors (Lipinski definition) is 1. The Hall–Kier alpha value is -0.760. The summed E-state index contributed by atoms with van der Waals surface area (Å²) in [4.78, 5) is 0. The fourth-order valence-electron chi connectivity index (χ4n) is 2.08. The second-order valence-electron chi connectivity index (χ2n) is 3.94. The smallest absolute Gasteiger partial charge is 0.106 e. The van der Waals surface area contributed by atoms with E-state index in [1.165, 1.54) is 25.0 Å². The summed E-state index contributed by atoms with van der Waals surface area (Å²) in [6.07, 6.45) is 5.72. The molecule has 1 aromatic rings. The first-order valence-electron chi connectivity index (χ1n) is 5.08. The summed E-state index contributed by atoms with van der Waals surface area (Å²) in [6.45, 7) is 1.15. The van der Waals surface area contributed by atoms with Crippen LogP contribution >= 0.6 is 0 Å². The average Bonchev–Trinajstić information content (AvgIpc) is 2.54. The molecule has 72 valence electrons. The maximum atomic E-state index is 5.37. The second-order valence-corrected chi connectivity index (χ2v) is 3.94. The standard InChI is InChI=1S/C11H17NO/c1-12-5-4-9-7-10(8-9)11-3-2-6-13-11/h2-3,6,9-10,12H,4-5,7-8H2,1H3. The third-order valence-electron chi connectivity index (χ3n) is 2.98. The predicted molar refractivity (Wildman–Crippen MR) is 52.7 cm³/mol. The van der Waals surface area contributed by atoms with Crippen LogP contribution in [0.25, 0.3) is 0 Å². The Morgan fingerprint density at radius 3 is 3.00 bits per heavy atom. The third kappa shape index (κ3) is 1.94. The summed E-state index contributed by atoms with van der Waals surface area (Å²) in [7, 11) is 2.02. The summed E-state index contributed by atoms with van der Waals surface area (Å²) in [6, 6.07) is 4.08. The van der Waals surface area contributed by atoms with E-state index < -0.39 is 0 Å². The van der Waals surface area contributed by atoms with Gasteiger partial charge >= 0.3 is 0 Å². The fourth-order valence-corrected chi connectivity index (χ4v) is 2.08. The van der Waals surface area contributed by atoms with Crippen LogP contribution in [-0.4, -0.2) is 13.6 Å². The molecule has 0 unspecified atom stereocenters. The van der Waals surface area contributed by atoms with Crippen LogP contribution in [0.5, 0.6) is 0 Å². The number of nitrogens with one attached hydrogen (secondary N) is 1. The zero-order valence-corrected chi connectivity index (χ0v) is 8.12. The van der Waals surface area contributed by atoms with Crippen molar-refractivity contribution in [1.29, 1.82) is 0 Å². The Labute approximate surface area is 79.3 Å². The number of furan rings is 1. The SMILES string of the molecule is CNCCC1CC(c2ccco2)C1. The molecule has 0 radical (unpaired) electrons. The van der Waals surface area contributed by atoms with Crippen LogP contribution in [0.4, 0.5) is 0 Å². The maximum Gasteiger partial charge on any atom is 0.106 e. The molecular weight excluding hydrogens is 162 g/mol. The van der Waals surface area contributed by atoms with Crippen molar-refractivity contribution in [3.63, 3.8) is 0 Å². The maximum absolute atomic E-state index is 5.37. The summed E-state index contributed by atoms with van der Waals surface area (Å²) in [5.74, 6) is 2.81. The van der Waals surface area contributed by atoms with Crippen LogP contribution in [0.3, 0.4) is 0 Å². The van der Waals surface area contributed by atoms with Crippen LogP contribution in [0.1, 0.15) is 30.9 Å². The van der Waals surface area contributed by atoms with E-state index in [4.69, 9.17) is 4.42 Å². The van der Waals surface area contributed by atoms with E-state index in [1.54, 1.807) is 6.26 Å². The highest BCUT2D eigenvalue weighted by Crippen LogP contribution is 2.43. The van der Waals surface area contributed by atoms with Crippen molar-refractivity contribution >= 4 is 0 Å². The fraction of sp³-hybridized carbons (Fsp3) is 0.636. The van der Waals surface area contributed by atoms with E-state index >= 15 is 0 Å². The van der Waals surface area contributed by atoms with Gasteiger partial charge in [0.2, 0.25) is 0 Å². The lowest BCUT2D eigenvalue weighted by Crippen LogP contribution is -2.24. The molecule has 0 spiro atoms. The van der Waals surface area contributed by atoms with Gasteiger partial charge in [-0.2, -0.15) is 0 Å². The molecule has 1 heterocycles. The van der Waals surface area contributed by atoms with Crippen molar-refractivity contribution in [2.24, 2.45) is 5.92 Å². The van der Waals surface area contributed by atoms with Crippen LogP contribution < -0.4 is 5.32 Å². The Kier molecular flexibility index (Phi) is 2.69. The van der Waals surface area contributed by atoms with Gasteiger partial charge in [0.25, 0.3) is 0 Å². The van der Waals surface area contributed by atoms with Gasteiger partial charge in [0, 0.05) is 5.92 Å². The normalized spacial score (nSPS) is 27.2. The van der Waals surface area contributed by atoms with Gasteiger partial charge < -0.3 is 9.73 Å². The van der Waals surface area contributed by atoms with Gasteiger partial charge in [-0.3, -0.25) is 0 Å². The lowest BCUT2D eigenvalue weighted by molar-refractivity contribution is 0.221. The molecule has 2 rings (SSSR count). The van der Waals surface area contributed by atoms with E-state index in [1.807, 2.05) is 13.1 Å². The van der Waals surface area contributed by atoms with Gasteiger partial charge in [0.15, 0.2) is 0 Å². The molecule has 0 aliphatic heterocycles. The van der Waals surface area contributed by atoms with Crippen molar-refractivity contribution in [2.45, 2.75) is 25.2 Å². The van der Waals surface area contributed by atoms with Gasteiger partial charge in [-0.1, -0.05) is 0 Å². The Balaban J connectivity index is 1.73. The van der Waals surface area contributed by atoms with Crippen LogP contribution in [0, 0.1) is 5.92 Å². The van der Waals surface area contributed by atoms with Crippen LogP contribution in [0.2, 0.25) is 0 Å². The first kappa shape index (κ1) is 8.82. The molecule has 0 saturated heterocycles. The molecule has 0 atom stereocenters. The topological polar surface area (TPSA) is 25.2 Å². The molecule has 1 aliphatic carbocycles. The van der Waals surface area contributed by atoms with Crippen molar-refractivity contribution in [1.82, 2.24) is 5.32 Å². The van der Waals surface area contributed by atoms with Gasteiger partial charge in [-0.05, 0) is 50.9 Å². The zero-order valence-electron chi connectivity index (χ0n) is 8.12. The highest BCUT2D eigenvalue weighted by molar-refractivity contribution is 5.09. The summed E-state index contributed by atoms with van der Waals surface area (Å²) in [5.41, 5.74) is 0. The quantitative estimate of drug-likeness (QED) is 0.767. The predicted octanol–water partition coefficient (Wildman–Crippen LogP) is 2.38. The van der Waals surface area contributed by atoms with Gasteiger partial charge in [-0.25, -0.2) is 0 Å². The lowest BCUT2D eigenvalue weighted by Gasteiger charge is -2.33. The molecule has 0 amide bonds. The molecule has 2 heteroatoms. The monoisotopic (exact) mass is 179 g/mol. The molecule has 1 aromatic heterocycles. The first-order chi connectivity index (χ1) is 6.40. The van der Waals surface area contributed by atoms with E-state index in [0.717, 1.165) is 12.5 Å². The van der Waals surface area contributed by atoms with Crippen molar-refractivity contribution < 1.29 is 4.42 Å². The largest absolute Gasteiger partial charge is 0.469 e. The minimum Gasteiger partial charge on any atom is -0.469 e. The molecule has 1 fully saturated rings. The molecule has 0 bridgehead atoms. The molecule has 0 aromatic carbocycles. The third-order valence-corrected chi connectivity index (χ3v) is 2.98. The molecule has 1 N–H and O–H groups in total. The van der Waals surface area contributed by atoms with E-state index in [2.05, 4.69) is 11.4 Å². The summed E-state index contributed by atoms with van der Waals surface area (Å²) >= 11 is 0. The summed E-state index contributed by atoms with van der Waals surface area (Å²) in [5, 5.41) is 3.19. The molecular formula is C11H17NO. The van der Waals surface area contributed by atoms with Crippen molar-refractivity contribution in [3.05, 3.63) is 24.2 Å². The number of hydrogen-bond acceptors (Lipinski definition) is 2. The number of rotatable bonds is 4. The minimum absolute atomic E-state index is 0.705. The first-order valence-corrected chi connectivity index (χ1v) is 5.08. The summed E-state index contributed by atoms with van der Waals surface area (Å²) < 4.78 is 5.37. The van der Waals surface area contributed by atoms with Gasteiger partial charge in [0.05, 0.1) is 6.26 Å². The molecule has 2 nitrogen and oxygen atoms in total. The Bertz CT molecular complexity index is 237. The second kappa shape index (κ2) is 3.97. The molecule has 13 heavy (non-hydrogen) atoms. The van der Waals surface area contributed by atoms with E-state index in [-0.39, 0.29) is 0 Å². The van der Waals surface area contributed by atoms with Crippen LogP contribution in [-0.2, 0) is 0 Å². The van der Waals surface area contributed by atoms with E-state index in [0.29, 0.717) is 5.92 Å². The highest BCUT2D eigenvalue weighted by Gasteiger charge is 2.31. The zero-order chi connectivity index (χ0) is 9.10. The van der Waals surface area contributed by atoms with Crippen molar-refractivity contribution in [3.8, 4) is 0 Å².